The van der Waals surface area contributed by atoms with Crippen molar-refractivity contribution in [2.45, 2.75) is 25.7 Å². The quantitative estimate of drug-likeness (QED) is 0.663. The second kappa shape index (κ2) is 6.17. The fourth-order valence-electron chi connectivity index (χ4n) is 4.48. The molecule has 0 N–H and O–H groups in total. The molecule has 5 rings (SSSR count). The van der Waals surface area contributed by atoms with Crippen LogP contribution in [-0.4, -0.2) is 7.11 Å². The number of allylic oxidation sites excluding steroid dienone is 5. The molecule has 2 aliphatic carbocycles. The highest BCUT2D eigenvalue weighted by molar-refractivity contribution is 6.10. The van der Waals surface area contributed by atoms with Gasteiger partial charge in [0.05, 0.1) is 19.3 Å². The smallest absolute Gasteiger partial charge is 0.141 e. The van der Waals surface area contributed by atoms with Crippen LogP contribution in [0.15, 0.2) is 65.6 Å². The van der Waals surface area contributed by atoms with Crippen LogP contribution in [0, 0.1) is 11.3 Å². The number of aryl methyl sites for hydroxylation is 2. The molecule has 0 atom stereocenters. The summed E-state index contributed by atoms with van der Waals surface area (Å²) >= 11 is 0. The lowest BCUT2D eigenvalue weighted by atomic mass is 9.74. The highest BCUT2D eigenvalue weighted by Crippen LogP contribution is 2.51. The lowest BCUT2D eigenvalue weighted by Gasteiger charge is -2.35. The van der Waals surface area contributed by atoms with Crippen LogP contribution in [0.4, 0.5) is 0 Å². The number of hydrogen-bond acceptors (Lipinski definition) is 3. The number of nitrogens with zero attached hydrogens (tertiary/aromatic N) is 1. The number of hydrogen-bond donors (Lipinski definition) is 0. The molecule has 2 aromatic carbocycles. The number of ether oxygens (including phenoxy) is 2. The molecule has 0 bridgehead atoms. The summed E-state index contributed by atoms with van der Waals surface area (Å²) in [5, 5.41) is 9.26. The van der Waals surface area contributed by atoms with Crippen LogP contribution in [0.2, 0.25) is 0 Å². The van der Waals surface area contributed by atoms with Crippen molar-refractivity contribution in [3.8, 4) is 11.8 Å². The highest BCUT2D eigenvalue weighted by atomic mass is 16.5. The van der Waals surface area contributed by atoms with Crippen LogP contribution in [-0.2, 0) is 17.6 Å². The predicted molar refractivity (Wildman–Crippen MR) is 105 cm³/mol. The minimum Gasteiger partial charge on any atom is -0.497 e. The van der Waals surface area contributed by atoms with Gasteiger partial charge in [-0.25, -0.2) is 0 Å². The van der Waals surface area contributed by atoms with Crippen molar-refractivity contribution in [2.75, 3.05) is 7.11 Å². The molecule has 2 aromatic rings. The molecule has 0 spiro atoms. The largest absolute Gasteiger partial charge is 0.497 e. The molecule has 0 fully saturated rings. The summed E-state index contributed by atoms with van der Waals surface area (Å²) in [5.74, 6) is 2.58. The second-order valence-electron chi connectivity index (χ2n) is 7.07. The first-order valence-corrected chi connectivity index (χ1v) is 9.30. The van der Waals surface area contributed by atoms with Gasteiger partial charge in [-0.2, -0.15) is 5.26 Å². The van der Waals surface area contributed by atoms with Crippen molar-refractivity contribution >= 4 is 11.1 Å². The number of methoxy groups -OCH3 is 1. The molecule has 0 amide bonds. The van der Waals surface area contributed by atoms with Crippen molar-refractivity contribution in [1.82, 2.24) is 0 Å². The Morgan fingerprint density at radius 2 is 1.78 bits per heavy atom. The summed E-state index contributed by atoms with van der Waals surface area (Å²) in [6.07, 6.45) is 5.15. The summed E-state index contributed by atoms with van der Waals surface area (Å²) in [4.78, 5) is 0. The van der Waals surface area contributed by atoms with E-state index in [1.807, 2.05) is 6.07 Å². The van der Waals surface area contributed by atoms with E-state index in [2.05, 4.69) is 42.5 Å². The van der Waals surface area contributed by atoms with Gasteiger partial charge in [0.2, 0.25) is 0 Å². The van der Waals surface area contributed by atoms with Crippen molar-refractivity contribution in [1.29, 1.82) is 5.26 Å². The third-order valence-electron chi connectivity index (χ3n) is 5.69. The number of rotatable bonds is 1. The zero-order chi connectivity index (χ0) is 18.4. The van der Waals surface area contributed by atoms with E-state index in [0.29, 0.717) is 5.76 Å². The van der Waals surface area contributed by atoms with Crippen LogP contribution < -0.4 is 4.74 Å². The zero-order valence-corrected chi connectivity index (χ0v) is 15.2. The molecule has 132 valence electrons. The Morgan fingerprint density at radius 3 is 2.63 bits per heavy atom. The van der Waals surface area contributed by atoms with Crippen LogP contribution in [0.1, 0.15) is 35.1 Å². The van der Waals surface area contributed by atoms with Gasteiger partial charge in [0.25, 0.3) is 0 Å². The molecule has 1 heterocycles. The molecule has 27 heavy (non-hydrogen) atoms. The standard InChI is InChI=1S/C24H19NO2/c1-26-17-8-10-19-16(14-17)6-9-20-21(12-13-25)27-22-11-7-15-4-2-3-5-18(15)24(22)23(19)20/h2-5,8,10,12,14H,6-7,9,11H2,1H3/b21-12+. The fourth-order valence-corrected chi connectivity index (χ4v) is 4.48. The Morgan fingerprint density at radius 1 is 0.963 bits per heavy atom. The molecule has 3 heteroatoms. The maximum atomic E-state index is 9.26. The fraction of sp³-hybridized carbons (Fsp3) is 0.208. The molecule has 3 nitrogen and oxygen atoms in total. The van der Waals surface area contributed by atoms with Gasteiger partial charge in [-0.05, 0) is 53.6 Å². The van der Waals surface area contributed by atoms with Gasteiger partial charge in [-0.1, -0.05) is 30.3 Å². The Bertz CT molecular complexity index is 1100. The molecular weight excluding hydrogens is 334 g/mol. The molecule has 0 unspecified atom stereocenters. The van der Waals surface area contributed by atoms with Gasteiger partial charge < -0.3 is 9.47 Å². The van der Waals surface area contributed by atoms with Gasteiger partial charge >= 0.3 is 0 Å². The minimum absolute atomic E-state index is 0.715. The lowest BCUT2D eigenvalue weighted by molar-refractivity contribution is 0.294. The van der Waals surface area contributed by atoms with Crippen LogP contribution >= 0.6 is 0 Å². The zero-order valence-electron chi connectivity index (χ0n) is 15.2. The maximum Gasteiger partial charge on any atom is 0.141 e. The third kappa shape index (κ3) is 2.41. The average molecular weight is 353 g/mol. The van der Waals surface area contributed by atoms with E-state index < -0.39 is 0 Å². The third-order valence-corrected chi connectivity index (χ3v) is 5.69. The van der Waals surface area contributed by atoms with Crippen LogP contribution in [0.5, 0.6) is 5.75 Å². The predicted octanol–water partition coefficient (Wildman–Crippen LogP) is 5.19. The van der Waals surface area contributed by atoms with E-state index in [1.54, 1.807) is 13.2 Å². The summed E-state index contributed by atoms with van der Waals surface area (Å²) in [6.45, 7) is 0. The van der Waals surface area contributed by atoms with Crippen molar-refractivity contribution in [2.24, 2.45) is 0 Å². The maximum absolute atomic E-state index is 9.26. The molecular formula is C24H19NO2. The summed E-state index contributed by atoms with van der Waals surface area (Å²) < 4.78 is 11.7. The highest BCUT2D eigenvalue weighted by Gasteiger charge is 2.34. The average Bonchev–Trinajstić information content (AvgIpc) is 2.72. The van der Waals surface area contributed by atoms with E-state index >= 15 is 0 Å². The topological polar surface area (TPSA) is 42.2 Å². The van der Waals surface area contributed by atoms with E-state index in [1.165, 1.54) is 33.4 Å². The lowest BCUT2D eigenvalue weighted by Crippen LogP contribution is -2.19. The van der Waals surface area contributed by atoms with Crippen LogP contribution in [0.25, 0.3) is 11.1 Å². The Kier molecular flexibility index (Phi) is 3.65. The first kappa shape index (κ1) is 16.0. The van der Waals surface area contributed by atoms with Gasteiger partial charge in [-0.3, -0.25) is 0 Å². The van der Waals surface area contributed by atoms with Gasteiger partial charge in [-0.15, -0.1) is 0 Å². The summed E-state index contributed by atoms with van der Waals surface area (Å²) in [6, 6.07) is 17.1. The van der Waals surface area contributed by atoms with Crippen molar-refractivity contribution < 1.29 is 9.47 Å². The molecule has 3 aliphatic rings. The number of nitriles is 1. The van der Waals surface area contributed by atoms with Gasteiger partial charge in [0, 0.05) is 23.1 Å². The SMILES string of the molecule is COc1ccc2c(c1)CCC1=C2C2=C(CCc3ccccc32)O/C1=C/C#N. The molecule has 0 aromatic heterocycles. The molecule has 0 radical (unpaired) electrons. The first-order chi connectivity index (χ1) is 13.3. The number of fused-ring (bicyclic) bond motifs is 5. The first-order valence-electron chi connectivity index (χ1n) is 9.30. The molecule has 1 aliphatic heterocycles. The van der Waals surface area contributed by atoms with E-state index in [4.69, 9.17) is 9.47 Å². The van der Waals surface area contributed by atoms with Crippen molar-refractivity contribution in [3.05, 3.63) is 87.9 Å². The Hall–Kier alpha value is -3.25. The Balaban J connectivity index is 1.80. The minimum atomic E-state index is 0.715. The van der Waals surface area contributed by atoms with Gasteiger partial charge in [0.1, 0.15) is 17.3 Å². The van der Waals surface area contributed by atoms with Gasteiger partial charge in [0.15, 0.2) is 0 Å². The summed E-state index contributed by atoms with van der Waals surface area (Å²) in [7, 11) is 1.70. The normalized spacial score (nSPS) is 18.7. The second-order valence-corrected chi connectivity index (χ2v) is 7.07. The Labute approximate surface area is 158 Å². The number of benzene rings is 2. The van der Waals surface area contributed by atoms with Crippen molar-refractivity contribution in [3.63, 3.8) is 0 Å². The van der Waals surface area contributed by atoms with Crippen LogP contribution in [0.3, 0.4) is 0 Å². The van der Waals surface area contributed by atoms with E-state index in [9.17, 15) is 5.26 Å². The molecule has 0 saturated carbocycles. The van der Waals surface area contributed by atoms with E-state index in [0.717, 1.165) is 42.8 Å². The van der Waals surface area contributed by atoms with E-state index in [-0.39, 0.29) is 0 Å². The molecule has 0 saturated heterocycles. The summed E-state index contributed by atoms with van der Waals surface area (Å²) in [5.41, 5.74) is 8.71. The monoisotopic (exact) mass is 353 g/mol.